The summed E-state index contributed by atoms with van der Waals surface area (Å²) in [7, 11) is 1.58. The normalized spacial score (nSPS) is 11.3. The molecular formula is C26H22N4O3S. The highest BCUT2D eigenvalue weighted by Gasteiger charge is 2.14. The summed E-state index contributed by atoms with van der Waals surface area (Å²) in [5.41, 5.74) is 4.53. The summed E-state index contributed by atoms with van der Waals surface area (Å²) in [4.78, 5) is 30.2. The number of aromatic nitrogens is 2. The Hall–Kier alpha value is -4.17. The number of carbonyl (C=O) groups excluding carboxylic acids is 1. The molecule has 0 spiro atoms. The van der Waals surface area contributed by atoms with Crippen molar-refractivity contribution in [3.8, 4) is 11.4 Å². The molecule has 0 aliphatic rings. The lowest BCUT2D eigenvalue weighted by Gasteiger charge is -2.13. The first kappa shape index (κ1) is 23.0. The molecule has 8 heteroatoms. The monoisotopic (exact) mass is 470 g/mol. The first-order valence-corrected chi connectivity index (χ1v) is 11.5. The highest BCUT2D eigenvalue weighted by molar-refractivity contribution is 7.99. The number of benzene rings is 3. The van der Waals surface area contributed by atoms with Gasteiger partial charge in [-0.15, -0.1) is 0 Å². The lowest BCUT2D eigenvalue weighted by atomic mass is 10.2. The highest BCUT2D eigenvalue weighted by Crippen LogP contribution is 2.22. The molecule has 0 aliphatic heterocycles. The molecule has 0 saturated heterocycles. The third-order valence-electron chi connectivity index (χ3n) is 4.85. The Kier molecular flexibility index (Phi) is 7.52. The zero-order chi connectivity index (χ0) is 23.8. The van der Waals surface area contributed by atoms with Crippen LogP contribution < -0.4 is 15.7 Å². The fraction of sp³-hybridized carbons (Fsp3) is 0.0769. The Balaban J connectivity index is 1.50. The first-order chi connectivity index (χ1) is 16.7. The molecule has 170 valence electrons. The van der Waals surface area contributed by atoms with Crippen LogP contribution in [0.1, 0.15) is 5.56 Å². The number of nitrogens with zero attached hydrogens (tertiary/aromatic N) is 3. The average molecular weight is 471 g/mol. The van der Waals surface area contributed by atoms with Crippen LogP contribution in [0.4, 0.5) is 0 Å². The molecule has 1 aromatic heterocycles. The number of methoxy groups -OCH3 is 1. The summed E-state index contributed by atoms with van der Waals surface area (Å²) in [6.07, 6.45) is 5.14. The zero-order valence-electron chi connectivity index (χ0n) is 18.4. The van der Waals surface area contributed by atoms with Gasteiger partial charge in [-0.05, 0) is 48.0 Å². The molecule has 0 atom stereocenters. The second-order valence-electron chi connectivity index (χ2n) is 7.12. The summed E-state index contributed by atoms with van der Waals surface area (Å²) in [6, 6.07) is 24.0. The van der Waals surface area contributed by atoms with E-state index in [9.17, 15) is 9.59 Å². The lowest BCUT2D eigenvalue weighted by molar-refractivity contribution is -0.118. The number of rotatable bonds is 8. The van der Waals surface area contributed by atoms with Gasteiger partial charge in [-0.2, -0.15) is 5.10 Å². The summed E-state index contributed by atoms with van der Waals surface area (Å²) < 4.78 is 6.72. The molecule has 1 amide bonds. The minimum atomic E-state index is -0.307. The predicted molar refractivity (Wildman–Crippen MR) is 137 cm³/mol. The Labute approximate surface area is 200 Å². The SMILES string of the molecule is COc1ccc(-n2c(SCC(=O)N/N=C/C=C/c3ccccc3)nc3ccccc3c2=O)cc1. The standard InChI is InChI=1S/C26H22N4O3S/c1-33-21-15-13-20(14-16-21)30-25(32)22-11-5-6-12-23(22)28-26(30)34-18-24(31)29-27-17-7-10-19-8-3-2-4-9-19/h2-17H,18H2,1H3,(H,29,31)/b10-7+,27-17+. The molecule has 1 N–H and O–H groups in total. The van der Waals surface area contributed by atoms with E-state index in [0.29, 0.717) is 27.5 Å². The van der Waals surface area contributed by atoms with E-state index in [0.717, 1.165) is 5.56 Å². The van der Waals surface area contributed by atoms with Crippen molar-refractivity contribution in [1.29, 1.82) is 0 Å². The van der Waals surface area contributed by atoms with Crippen LogP contribution >= 0.6 is 11.8 Å². The third-order valence-corrected chi connectivity index (χ3v) is 5.78. The molecule has 3 aromatic carbocycles. The van der Waals surface area contributed by atoms with Crippen LogP contribution in [0.15, 0.2) is 100.0 Å². The van der Waals surface area contributed by atoms with Crippen molar-refractivity contribution in [2.75, 3.05) is 12.9 Å². The number of hydrogen-bond acceptors (Lipinski definition) is 6. The molecule has 7 nitrogen and oxygen atoms in total. The number of thioether (sulfide) groups is 1. The van der Waals surface area contributed by atoms with E-state index >= 15 is 0 Å². The van der Waals surface area contributed by atoms with Crippen molar-refractivity contribution in [3.05, 3.63) is 101 Å². The van der Waals surface area contributed by atoms with Gasteiger partial charge < -0.3 is 4.74 Å². The fourth-order valence-corrected chi connectivity index (χ4v) is 4.01. The molecule has 0 radical (unpaired) electrons. The van der Waals surface area contributed by atoms with E-state index in [-0.39, 0.29) is 17.2 Å². The van der Waals surface area contributed by atoms with Crippen molar-refractivity contribution in [1.82, 2.24) is 15.0 Å². The van der Waals surface area contributed by atoms with Crippen LogP contribution in [0.5, 0.6) is 5.75 Å². The van der Waals surface area contributed by atoms with Crippen LogP contribution in [0.3, 0.4) is 0 Å². The van der Waals surface area contributed by atoms with E-state index in [1.165, 1.54) is 22.5 Å². The van der Waals surface area contributed by atoms with E-state index < -0.39 is 0 Å². The van der Waals surface area contributed by atoms with Crippen LogP contribution in [0, 0.1) is 0 Å². The first-order valence-electron chi connectivity index (χ1n) is 10.5. The van der Waals surface area contributed by atoms with Gasteiger partial charge in [0.05, 0.1) is 29.5 Å². The van der Waals surface area contributed by atoms with Gasteiger partial charge in [0, 0.05) is 6.21 Å². The Morgan fingerprint density at radius 3 is 2.56 bits per heavy atom. The molecule has 0 aliphatic carbocycles. The summed E-state index contributed by atoms with van der Waals surface area (Å²) in [5, 5.41) is 4.85. The van der Waals surface area contributed by atoms with Crippen LogP contribution in [0.2, 0.25) is 0 Å². The third kappa shape index (κ3) is 5.60. The number of para-hydroxylation sites is 1. The van der Waals surface area contributed by atoms with Crippen LogP contribution in [-0.2, 0) is 4.79 Å². The Bertz CT molecular complexity index is 1400. The average Bonchev–Trinajstić information content (AvgIpc) is 2.88. The zero-order valence-corrected chi connectivity index (χ0v) is 19.2. The van der Waals surface area contributed by atoms with Crippen LogP contribution in [0.25, 0.3) is 22.7 Å². The molecule has 1 heterocycles. The number of hydrogen-bond donors (Lipinski definition) is 1. The van der Waals surface area contributed by atoms with E-state index in [1.54, 1.807) is 55.7 Å². The minimum Gasteiger partial charge on any atom is -0.497 e. The number of fused-ring (bicyclic) bond motifs is 1. The van der Waals surface area contributed by atoms with Gasteiger partial charge in [0.1, 0.15) is 5.75 Å². The molecule has 4 aromatic rings. The predicted octanol–water partition coefficient (Wildman–Crippen LogP) is 4.30. The minimum absolute atomic E-state index is 0.0423. The van der Waals surface area contributed by atoms with Gasteiger partial charge in [-0.1, -0.05) is 60.3 Å². The Morgan fingerprint density at radius 1 is 1.06 bits per heavy atom. The quantitative estimate of drug-likeness (QED) is 0.180. The molecule has 0 bridgehead atoms. The van der Waals surface area contributed by atoms with Gasteiger partial charge in [-0.3, -0.25) is 14.2 Å². The van der Waals surface area contributed by atoms with Crippen molar-refractivity contribution < 1.29 is 9.53 Å². The number of amides is 1. The van der Waals surface area contributed by atoms with Gasteiger partial charge in [0.25, 0.3) is 11.5 Å². The molecule has 0 fully saturated rings. The molecular weight excluding hydrogens is 448 g/mol. The van der Waals surface area contributed by atoms with Gasteiger partial charge >= 0.3 is 0 Å². The summed E-state index contributed by atoms with van der Waals surface area (Å²) in [5.74, 6) is 0.414. The van der Waals surface area contributed by atoms with Gasteiger partial charge in [0.15, 0.2) is 5.16 Å². The molecule has 0 unspecified atom stereocenters. The molecule has 4 rings (SSSR count). The number of carbonyl (C=O) groups is 1. The Morgan fingerprint density at radius 2 is 1.79 bits per heavy atom. The van der Waals surface area contributed by atoms with Gasteiger partial charge in [0.2, 0.25) is 0 Å². The van der Waals surface area contributed by atoms with Crippen molar-refractivity contribution in [3.63, 3.8) is 0 Å². The van der Waals surface area contributed by atoms with Crippen molar-refractivity contribution >= 4 is 40.9 Å². The maximum atomic E-state index is 13.3. The van der Waals surface area contributed by atoms with E-state index in [1.807, 2.05) is 42.5 Å². The topological polar surface area (TPSA) is 85.6 Å². The number of nitrogens with one attached hydrogen (secondary N) is 1. The van der Waals surface area contributed by atoms with Crippen molar-refractivity contribution in [2.45, 2.75) is 5.16 Å². The van der Waals surface area contributed by atoms with E-state index in [2.05, 4.69) is 15.5 Å². The molecule has 34 heavy (non-hydrogen) atoms. The number of ether oxygens (including phenoxy) is 1. The molecule has 0 saturated carbocycles. The fourth-order valence-electron chi connectivity index (χ4n) is 3.20. The second-order valence-corrected chi connectivity index (χ2v) is 8.06. The van der Waals surface area contributed by atoms with E-state index in [4.69, 9.17) is 4.74 Å². The number of hydrazone groups is 1. The van der Waals surface area contributed by atoms with Crippen LogP contribution in [-0.4, -0.2) is 34.5 Å². The largest absolute Gasteiger partial charge is 0.497 e. The smallest absolute Gasteiger partial charge is 0.266 e. The van der Waals surface area contributed by atoms with Crippen molar-refractivity contribution in [2.24, 2.45) is 5.10 Å². The lowest BCUT2D eigenvalue weighted by Crippen LogP contribution is -2.24. The second kappa shape index (κ2) is 11.1. The summed E-state index contributed by atoms with van der Waals surface area (Å²) >= 11 is 1.17. The highest BCUT2D eigenvalue weighted by atomic mass is 32.2. The maximum Gasteiger partial charge on any atom is 0.266 e. The van der Waals surface area contributed by atoms with Gasteiger partial charge in [-0.25, -0.2) is 10.4 Å². The maximum absolute atomic E-state index is 13.3. The number of allylic oxidation sites excluding steroid dienone is 1. The summed E-state index contributed by atoms with van der Waals surface area (Å²) in [6.45, 7) is 0.